The Balaban J connectivity index is 0.00000144. The SMILES string of the molecule is CCOC(=O)C1CCC2(CC1)CNCCO2.Cl. The molecule has 1 aliphatic carbocycles. The van der Waals surface area contributed by atoms with Gasteiger partial charge in [0, 0.05) is 13.1 Å². The molecule has 0 aromatic rings. The molecule has 0 aromatic heterocycles. The summed E-state index contributed by atoms with van der Waals surface area (Å²) >= 11 is 0. The van der Waals surface area contributed by atoms with Crippen LogP contribution < -0.4 is 5.32 Å². The van der Waals surface area contributed by atoms with E-state index in [-0.39, 0.29) is 29.9 Å². The number of hydrogen-bond donors (Lipinski definition) is 1. The topological polar surface area (TPSA) is 47.6 Å². The first kappa shape index (κ1) is 14.7. The molecule has 17 heavy (non-hydrogen) atoms. The first-order valence-electron chi connectivity index (χ1n) is 6.27. The molecule has 0 unspecified atom stereocenters. The molecule has 2 aliphatic rings. The van der Waals surface area contributed by atoms with Gasteiger partial charge in [0.25, 0.3) is 0 Å². The van der Waals surface area contributed by atoms with E-state index in [0.717, 1.165) is 45.4 Å². The largest absolute Gasteiger partial charge is 0.466 e. The van der Waals surface area contributed by atoms with Crippen molar-refractivity contribution in [1.82, 2.24) is 5.32 Å². The first-order valence-corrected chi connectivity index (χ1v) is 6.27. The van der Waals surface area contributed by atoms with Crippen molar-refractivity contribution in [3.63, 3.8) is 0 Å². The molecule has 1 spiro atoms. The van der Waals surface area contributed by atoms with Gasteiger partial charge in [-0.05, 0) is 32.6 Å². The second kappa shape index (κ2) is 6.57. The van der Waals surface area contributed by atoms with Gasteiger partial charge >= 0.3 is 5.97 Å². The molecule has 0 bridgehead atoms. The maximum Gasteiger partial charge on any atom is 0.308 e. The summed E-state index contributed by atoms with van der Waals surface area (Å²) in [6.07, 6.45) is 3.76. The zero-order chi connectivity index (χ0) is 11.4. The van der Waals surface area contributed by atoms with Crippen molar-refractivity contribution in [3.8, 4) is 0 Å². The fraction of sp³-hybridized carbons (Fsp3) is 0.917. The zero-order valence-electron chi connectivity index (χ0n) is 10.4. The van der Waals surface area contributed by atoms with Gasteiger partial charge in [-0.1, -0.05) is 0 Å². The van der Waals surface area contributed by atoms with Crippen LogP contribution in [0.1, 0.15) is 32.6 Å². The quantitative estimate of drug-likeness (QED) is 0.768. The van der Waals surface area contributed by atoms with Crippen LogP contribution in [0, 0.1) is 5.92 Å². The highest BCUT2D eigenvalue weighted by atomic mass is 35.5. The predicted octanol–water partition coefficient (Wildman–Crippen LogP) is 1.52. The van der Waals surface area contributed by atoms with E-state index in [2.05, 4.69) is 5.32 Å². The van der Waals surface area contributed by atoms with Crippen molar-refractivity contribution in [2.45, 2.75) is 38.2 Å². The van der Waals surface area contributed by atoms with Crippen LogP contribution in [0.15, 0.2) is 0 Å². The lowest BCUT2D eigenvalue weighted by Gasteiger charge is -2.42. The number of ether oxygens (including phenoxy) is 2. The van der Waals surface area contributed by atoms with Crippen molar-refractivity contribution in [3.05, 3.63) is 0 Å². The number of halogens is 1. The molecule has 1 heterocycles. The lowest BCUT2D eigenvalue weighted by molar-refractivity contribution is -0.153. The highest BCUT2D eigenvalue weighted by Gasteiger charge is 2.39. The monoisotopic (exact) mass is 263 g/mol. The summed E-state index contributed by atoms with van der Waals surface area (Å²) in [6, 6.07) is 0. The standard InChI is InChI=1S/C12H21NO3.ClH/c1-2-15-11(14)10-3-5-12(6-4-10)9-13-7-8-16-12;/h10,13H,2-9H2,1H3;1H. The lowest BCUT2D eigenvalue weighted by Crippen LogP contribution is -2.52. The molecule has 0 amide bonds. The molecular weight excluding hydrogens is 242 g/mol. The predicted molar refractivity (Wildman–Crippen MR) is 67.4 cm³/mol. The van der Waals surface area contributed by atoms with E-state index in [1.54, 1.807) is 0 Å². The summed E-state index contributed by atoms with van der Waals surface area (Å²) in [5, 5.41) is 3.37. The molecule has 1 N–H and O–H groups in total. The van der Waals surface area contributed by atoms with Gasteiger partial charge in [-0.3, -0.25) is 4.79 Å². The van der Waals surface area contributed by atoms with Gasteiger partial charge in [-0.2, -0.15) is 0 Å². The van der Waals surface area contributed by atoms with Crippen molar-refractivity contribution in [2.75, 3.05) is 26.3 Å². The smallest absolute Gasteiger partial charge is 0.308 e. The van der Waals surface area contributed by atoms with Crippen LogP contribution in [0.5, 0.6) is 0 Å². The van der Waals surface area contributed by atoms with Gasteiger partial charge in [0.15, 0.2) is 0 Å². The van der Waals surface area contributed by atoms with E-state index in [4.69, 9.17) is 9.47 Å². The van der Waals surface area contributed by atoms with Crippen LogP contribution in [-0.4, -0.2) is 37.9 Å². The average molecular weight is 264 g/mol. The van der Waals surface area contributed by atoms with E-state index in [1.807, 2.05) is 6.92 Å². The van der Waals surface area contributed by atoms with E-state index >= 15 is 0 Å². The minimum Gasteiger partial charge on any atom is -0.466 e. The number of morpholine rings is 1. The van der Waals surface area contributed by atoms with E-state index in [9.17, 15) is 4.79 Å². The number of nitrogens with one attached hydrogen (secondary N) is 1. The molecule has 0 atom stereocenters. The molecule has 0 aromatic carbocycles. The van der Waals surface area contributed by atoms with E-state index in [1.165, 1.54) is 0 Å². The van der Waals surface area contributed by atoms with Crippen LogP contribution in [-0.2, 0) is 14.3 Å². The van der Waals surface area contributed by atoms with Crippen molar-refractivity contribution < 1.29 is 14.3 Å². The minimum atomic E-state index is -0.0267. The Labute approximate surface area is 109 Å². The first-order chi connectivity index (χ1) is 7.76. The van der Waals surface area contributed by atoms with Gasteiger partial charge in [0.2, 0.25) is 0 Å². The molecule has 1 aliphatic heterocycles. The van der Waals surface area contributed by atoms with E-state index < -0.39 is 0 Å². The highest BCUT2D eigenvalue weighted by Crippen LogP contribution is 2.36. The highest BCUT2D eigenvalue weighted by molar-refractivity contribution is 5.85. The third-order valence-corrected chi connectivity index (χ3v) is 3.65. The molecular formula is C12H22ClNO3. The summed E-state index contributed by atoms with van der Waals surface area (Å²) in [5.74, 6) is 0.0669. The number of carbonyl (C=O) groups is 1. The van der Waals surface area contributed by atoms with Crippen LogP contribution in [0.3, 0.4) is 0 Å². The van der Waals surface area contributed by atoms with Crippen molar-refractivity contribution in [2.24, 2.45) is 5.92 Å². The molecule has 100 valence electrons. The fourth-order valence-electron chi connectivity index (χ4n) is 2.67. The normalized spacial score (nSPS) is 32.9. The van der Waals surface area contributed by atoms with Crippen molar-refractivity contribution >= 4 is 18.4 Å². The average Bonchev–Trinajstić information content (AvgIpc) is 2.31. The molecule has 1 saturated heterocycles. The number of carbonyl (C=O) groups excluding carboxylic acids is 1. The summed E-state index contributed by atoms with van der Waals surface area (Å²) < 4.78 is 10.9. The summed E-state index contributed by atoms with van der Waals surface area (Å²) in [5.41, 5.74) is 0.00123. The van der Waals surface area contributed by atoms with Crippen LogP contribution in [0.4, 0.5) is 0 Å². The maximum atomic E-state index is 11.6. The third kappa shape index (κ3) is 3.57. The van der Waals surface area contributed by atoms with Gasteiger partial charge < -0.3 is 14.8 Å². The minimum absolute atomic E-state index is 0. The summed E-state index contributed by atoms with van der Waals surface area (Å²) in [6.45, 7) is 5.02. The van der Waals surface area contributed by atoms with Crippen LogP contribution in [0.25, 0.3) is 0 Å². The Hall–Kier alpha value is -0.320. The number of rotatable bonds is 2. The number of hydrogen-bond acceptors (Lipinski definition) is 4. The number of esters is 1. The Bertz CT molecular complexity index is 244. The van der Waals surface area contributed by atoms with Crippen LogP contribution in [0.2, 0.25) is 0 Å². The molecule has 4 nitrogen and oxygen atoms in total. The molecule has 2 rings (SSSR count). The molecule has 5 heteroatoms. The maximum absolute atomic E-state index is 11.6. The zero-order valence-corrected chi connectivity index (χ0v) is 11.2. The molecule has 2 fully saturated rings. The van der Waals surface area contributed by atoms with Gasteiger partial charge in [0.1, 0.15) is 0 Å². The van der Waals surface area contributed by atoms with Gasteiger partial charge in [-0.25, -0.2) is 0 Å². The second-order valence-corrected chi connectivity index (χ2v) is 4.73. The summed E-state index contributed by atoms with van der Waals surface area (Å²) in [4.78, 5) is 11.6. The van der Waals surface area contributed by atoms with Crippen LogP contribution >= 0.6 is 12.4 Å². The summed E-state index contributed by atoms with van der Waals surface area (Å²) in [7, 11) is 0. The lowest BCUT2D eigenvalue weighted by atomic mass is 9.78. The Morgan fingerprint density at radius 2 is 2.18 bits per heavy atom. The Morgan fingerprint density at radius 1 is 1.47 bits per heavy atom. The molecule has 1 saturated carbocycles. The van der Waals surface area contributed by atoms with E-state index in [0.29, 0.717) is 6.61 Å². The second-order valence-electron chi connectivity index (χ2n) is 4.73. The molecule has 0 radical (unpaired) electrons. The van der Waals surface area contributed by atoms with Gasteiger partial charge in [0.05, 0.1) is 24.7 Å². The third-order valence-electron chi connectivity index (χ3n) is 3.65. The Morgan fingerprint density at radius 3 is 2.71 bits per heavy atom. The Kier molecular flexibility index (Phi) is 5.70. The fourth-order valence-corrected chi connectivity index (χ4v) is 2.67. The van der Waals surface area contributed by atoms with Gasteiger partial charge in [-0.15, -0.1) is 12.4 Å². The van der Waals surface area contributed by atoms with Crippen molar-refractivity contribution in [1.29, 1.82) is 0 Å².